The number of amides is 2. The third-order valence-corrected chi connectivity index (χ3v) is 6.73. The maximum atomic E-state index is 14.8. The van der Waals surface area contributed by atoms with Gasteiger partial charge in [-0.25, -0.2) is 4.39 Å². The molecule has 1 saturated carbocycles. The standard InChI is InChI=1S/C25H28ClFN2O2/c26-19-13-11-18(12-14-19)15-16-28-23(30)17-29(20-7-3-1-2-4-8-20)25(31)24(28)21-9-5-6-10-22(21)27/h5-6,9-14,20,24H,1-4,7-8,15-17H2. The third-order valence-electron chi connectivity index (χ3n) is 6.47. The molecule has 0 spiro atoms. The minimum Gasteiger partial charge on any atom is -0.328 e. The Hall–Kier alpha value is -2.40. The van der Waals surface area contributed by atoms with Gasteiger partial charge in [0.1, 0.15) is 18.4 Å². The fourth-order valence-corrected chi connectivity index (χ4v) is 4.91. The molecule has 1 saturated heterocycles. The Balaban J connectivity index is 1.61. The number of carbonyl (C=O) groups is 2. The number of hydrogen-bond acceptors (Lipinski definition) is 2. The van der Waals surface area contributed by atoms with E-state index < -0.39 is 11.9 Å². The van der Waals surface area contributed by atoms with Gasteiger partial charge in [-0.2, -0.15) is 0 Å². The zero-order chi connectivity index (χ0) is 21.8. The van der Waals surface area contributed by atoms with E-state index in [0.717, 1.165) is 44.1 Å². The van der Waals surface area contributed by atoms with Crippen LogP contribution in [0.2, 0.25) is 5.02 Å². The lowest BCUT2D eigenvalue weighted by Gasteiger charge is -2.43. The number of hydrogen-bond donors (Lipinski definition) is 0. The lowest BCUT2D eigenvalue weighted by Crippen LogP contribution is -2.58. The summed E-state index contributed by atoms with van der Waals surface area (Å²) in [4.78, 5) is 30.2. The molecule has 6 heteroatoms. The van der Waals surface area contributed by atoms with E-state index in [4.69, 9.17) is 11.6 Å². The Kier molecular flexibility index (Phi) is 6.91. The van der Waals surface area contributed by atoms with E-state index in [2.05, 4.69) is 0 Å². The van der Waals surface area contributed by atoms with Gasteiger partial charge in [-0.05, 0) is 43.0 Å². The predicted octanol–water partition coefficient (Wildman–Crippen LogP) is 5.16. The molecular formula is C25H28ClFN2O2. The molecule has 1 aliphatic carbocycles. The fraction of sp³-hybridized carbons (Fsp3) is 0.440. The molecule has 2 aliphatic rings. The molecule has 1 atom stereocenters. The highest BCUT2D eigenvalue weighted by atomic mass is 35.5. The Morgan fingerprint density at radius 2 is 1.61 bits per heavy atom. The first-order chi connectivity index (χ1) is 15.0. The molecule has 1 heterocycles. The molecule has 4 rings (SSSR count). The number of halogens is 2. The van der Waals surface area contributed by atoms with Crippen LogP contribution in [0.15, 0.2) is 48.5 Å². The molecule has 0 N–H and O–H groups in total. The summed E-state index contributed by atoms with van der Waals surface area (Å²) >= 11 is 5.97. The van der Waals surface area contributed by atoms with Crippen molar-refractivity contribution in [2.75, 3.05) is 13.1 Å². The number of rotatable bonds is 5. The van der Waals surface area contributed by atoms with Gasteiger partial charge in [0.05, 0.1) is 0 Å². The van der Waals surface area contributed by atoms with Crippen molar-refractivity contribution >= 4 is 23.4 Å². The van der Waals surface area contributed by atoms with Crippen LogP contribution in [-0.2, 0) is 16.0 Å². The summed E-state index contributed by atoms with van der Waals surface area (Å²) in [5.74, 6) is -0.730. The van der Waals surface area contributed by atoms with Gasteiger partial charge in [-0.1, -0.05) is 67.6 Å². The topological polar surface area (TPSA) is 40.6 Å². The van der Waals surface area contributed by atoms with Gasteiger partial charge in [0.25, 0.3) is 5.91 Å². The minimum absolute atomic E-state index is 0.0617. The van der Waals surface area contributed by atoms with Gasteiger partial charge in [0.15, 0.2) is 0 Å². The van der Waals surface area contributed by atoms with Crippen molar-refractivity contribution < 1.29 is 14.0 Å². The fourth-order valence-electron chi connectivity index (χ4n) is 4.78. The summed E-state index contributed by atoms with van der Waals surface area (Å²) in [7, 11) is 0. The van der Waals surface area contributed by atoms with Crippen LogP contribution in [-0.4, -0.2) is 40.7 Å². The summed E-state index contributed by atoms with van der Waals surface area (Å²) in [5.41, 5.74) is 1.29. The second-order valence-electron chi connectivity index (χ2n) is 8.50. The Labute approximate surface area is 188 Å². The maximum Gasteiger partial charge on any atom is 0.250 e. The zero-order valence-electron chi connectivity index (χ0n) is 17.6. The van der Waals surface area contributed by atoms with Crippen molar-refractivity contribution in [2.45, 2.75) is 57.0 Å². The molecule has 1 unspecified atom stereocenters. The lowest BCUT2D eigenvalue weighted by molar-refractivity contribution is -0.159. The van der Waals surface area contributed by atoms with E-state index in [1.807, 2.05) is 24.3 Å². The van der Waals surface area contributed by atoms with Crippen molar-refractivity contribution in [1.82, 2.24) is 9.80 Å². The van der Waals surface area contributed by atoms with Gasteiger partial charge in [-0.15, -0.1) is 0 Å². The molecular weight excluding hydrogens is 415 g/mol. The van der Waals surface area contributed by atoms with Crippen LogP contribution in [0.1, 0.15) is 55.7 Å². The minimum atomic E-state index is -0.919. The van der Waals surface area contributed by atoms with Gasteiger partial charge in [-0.3, -0.25) is 9.59 Å². The van der Waals surface area contributed by atoms with E-state index >= 15 is 0 Å². The summed E-state index contributed by atoms with van der Waals surface area (Å²) in [6.45, 7) is 0.429. The normalized spacial score (nSPS) is 20.8. The Morgan fingerprint density at radius 3 is 2.29 bits per heavy atom. The Morgan fingerprint density at radius 1 is 0.935 bits per heavy atom. The van der Waals surface area contributed by atoms with Gasteiger partial charge in [0.2, 0.25) is 5.91 Å². The van der Waals surface area contributed by atoms with Crippen LogP contribution in [0.25, 0.3) is 0 Å². The van der Waals surface area contributed by atoms with Crippen molar-refractivity contribution in [3.05, 3.63) is 70.5 Å². The average Bonchev–Trinajstić information content (AvgIpc) is 3.05. The Bertz CT molecular complexity index is 925. The summed E-state index contributed by atoms with van der Waals surface area (Å²) < 4.78 is 14.8. The highest BCUT2D eigenvalue weighted by molar-refractivity contribution is 6.30. The highest BCUT2D eigenvalue weighted by Crippen LogP contribution is 2.33. The van der Waals surface area contributed by atoms with E-state index in [1.165, 1.54) is 6.07 Å². The molecule has 1 aliphatic heterocycles. The van der Waals surface area contributed by atoms with Crippen molar-refractivity contribution in [3.8, 4) is 0 Å². The van der Waals surface area contributed by atoms with Crippen LogP contribution in [0, 0.1) is 5.82 Å². The lowest BCUT2D eigenvalue weighted by atomic mass is 9.96. The second kappa shape index (κ2) is 9.82. The van der Waals surface area contributed by atoms with Crippen LogP contribution >= 0.6 is 11.6 Å². The van der Waals surface area contributed by atoms with Gasteiger partial charge < -0.3 is 9.80 Å². The van der Waals surface area contributed by atoms with E-state index in [1.54, 1.807) is 28.0 Å². The molecule has 31 heavy (non-hydrogen) atoms. The van der Waals surface area contributed by atoms with Crippen molar-refractivity contribution in [1.29, 1.82) is 0 Å². The second-order valence-corrected chi connectivity index (χ2v) is 8.94. The summed E-state index contributed by atoms with van der Waals surface area (Å²) in [6.07, 6.45) is 6.85. The smallest absolute Gasteiger partial charge is 0.250 e. The van der Waals surface area contributed by atoms with Crippen molar-refractivity contribution in [3.63, 3.8) is 0 Å². The van der Waals surface area contributed by atoms with Gasteiger partial charge in [0, 0.05) is 23.2 Å². The number of nitrogens with zero attached hydrogens (tertiary/aromatic N) is 2. The van der Waals surface area contributed by atoms with Crippen LogP contribution in [0.4, 0.5) is 4.39 Å². The predicted molar refractivity (Wildman–Crippen MR) is 119 cm³/mol. The summed E-state index contributed by atoms with van der Waals surface area (Å²) in [5, 5.41) is 0.649. The average molecular weight is 443 g/mol. The van der Waals surface area contributed by atoms with E-state index in [-0.39, 0.29) is 30.0 Å². The van der Waals surface area contributed by atoms with E-state index in [0.29, 0.717) is 18.0 Å². The molecule has 2 aromatic carbocycles. The first kappa shape index (κ1) is 21.8. The molecule has 2 amide bonds. The molecule has 4 nitrogen and oxygen atoms in total. The van der Waals surface area contributed by atoms with Crippen LogP contribution in [0.5, 0.6) is 0 Å². The third kappa shape index (κ3) is 4.93. The van der Waals surface area contributed by atoms with Gasteiger partial charge >= 0.3 is 0 Å². The first-order valence-corrected chi connectivity index (χ1v) is 11.5. The maximum absolute atomic E-state index is 14.8. The quantitative estimate of drug-likeness (QED) is 0.600. The number of piperazine rings is 1. The van der Waals surface area contributed by atoms with Crippen LogP contribution < -0.4 is 0 Å². The van der Waals surface area contributed by atoms with E-state index in [9.17, 15) is 14.0 Å². The largest absolute Gasteiger partial charge is 0.328 e. The molecule has 0 radical (unpaired) electrons. The zero-order valence-corrected chi connectivity index (χ0v) is 18.4. The highest BCUT2D eigenvalue weighted by Gasteiger charge is 2.43. The molecule has 164 valence electrons. The number of benzene rings is 2. The molecule has 2 aromatic rings. The van der Waals surface area contributed by atoms with Crippen molar-refractivity contribution in [2.24, 2.45) is 0 Å². The summed E-state index contributed by atoms with van der Waals surface area (Å²) in [6, 6.07) is 12.9. The molecule has 2 fully saturated rings. The number of carbonyl (C=O) groups excluding carboxylic acids is 2. The molecule has 0 bridgehead atoms. The molecule has 0 aromatic heterocycles. The van der Waals surface area contributed by atoms with Crippen LogP contribution in [0.3, 0.4) is 0 Å². The monoisotopic (exact) mass is 442 g/mol. The first-order valence-electron chi connectivity index (χ1n) is 11.1. The SMILES string of the molecule is O=C1C(c2ccccc2F)N(CCc2ccc(Cl)cc2)C(=O)CN1C1CCCCCC1.